The van der Waals surface area contributed by atoms with E-state index in [-0.39, 0.29) is 27.8 Å². The van der Waals surface area contributed by atoms with Gasteiger partial charge in [-0.05, 0) is 5.92 Å². The van der Waals surface area contributed by atoms with Gasteiger partial charge in [0.2, 0.25) is 5.91 Å². The summed E-state index contributed by atoms with van der Waals surface area (Å²) >= 11 is 17.4. The zero-order valence-corrected chi connectivity index (χ0v) is 11.1. The Morgan fingerprint density at radius 1 is 1.53 bits per heavy atom. The zero-order chi connectivity index (χ0) is 12.6. The number of carbonyl (C=O) groups is 1. The largest absolute Gasteiger partial charge is 0.395 e. The molecule has 0 bridgehead atoms. The standard InChI is InChI=1S/C10H10Cl3N3O/c11-3-5-1-8(17)16(4-5)6-2-7(12)15-10(13)9(6)14/h2,5H,1,3-4,14H2. The Kier molecular flexibility index (Phi) is 3.66. The highest BCUT2D eigenvalue weighted by molar-refractivity contribution is 6.35. The number of anilines is 2. The number of nitrogens with zero attached hydrogens (tertiary/aromatic N) is 2. The van der Waals surface area contributed by atoms with Gasteiger partial charge in [0.25, 0.3) is 0 Å². The molecule has 1 amide bonds. The average Bonchev–Trinajstić information content (AvgIpc) is 2.65. The first kappa shape index (κ1) is 12.7. The number of nitrogens with two attached hydrogens (primary N) is 1. The van der Waals surface area contributed by atoms with Crippen LogP contribution in [0, 0.1) is 5.92 Å². The second kappa shape index (κ2) is 4.88. The minimum Gasteiger partial charge on any atom is -0.395 e. The molecule has 1 saturated heterocycles. The van der Waals surface area contributed by atoms with Crippen LogP contribution in [0.2, 0.25) is 10.3 Å². The Bertz CT molecular complexity index is 466. The van der Waals surface area contributed by atoms with Crippen LogP contribution in [0.3, 0.4) is 0 Å². The lowest BCUT2D eigenvalue weighted by atomic mass is 10.1. The molecule has 0 spiro atoms. The highest BCUT2D eigenvalue weighted by Crippen LogP contribution is 2.35. The number of amides is 1. The normalized spacial score (nSPS) is 20.1. The highest BCUT2D eigenvalue weighted by atomic mass is 35.5. The third kappa shape index (κ3) is 2.44. The average molecular weight is 295 g/mol. The molecule has 17 heavy (non-hydrogen) atoms. The number of alkyl halides is 1. The van der Waals surface area contributed by atoms with Crippen molar-refractivity contribution in [2.24, 2.45) is 5.92 Å². The van der Waals surface area contributed by atoms with Gasteiger partial charge in [0.05, 0.1) is 11.4 Å². The summed E-state index contributed by atoms with van der Waals surface area (Å²) < 4.78 is 0. The van der Waals surface area contributed by atoms with Crippen LogP contribution in [0.15, 0.2) is 6.07 Å². The van der Waals surface area contributed by atoms with Gasteiger partial charge in [-0.15, -0.1) is 11.6 Å². The molecular formula is C10H10Cl3N3O. The molecule has 0 aromatic carbocycles. The van der Waals surface area contributed by atoms with E-state index in [2.05, 4.69) is 4.98 Å². The first-order valence-corrected chi connectivity index (χ1v) is 6.29. The smallest absolute Gasteiger partial charge is 0.227 e. The third-order valence-electron chi connectivity index (χ3n) is 2.67. The van der Waals surface area contributed by atoms with Crippen molar-refractivity contribution >= 4 is 52.1 Å². The summed E-state index contributed by atoms with van der Waals surface area (Å²) in [7, 11) is 0. The Morgan fingerprint density at radius 2 is 2.24 bits per heavy atom. The Morgan fingerprint density at radius 3 is 2.82 bits per heavy atom. The lowest BCUT2D eigenvalue weighted by Gasteiger charge is -2.19. The predicted octanol–water partition coefficient (Wildman–Crippen LogP) is 2.56. The second-order valence-electron chi connectivity index (χ2n) is 3.90. The molecule has 1 aromatic heterocycles. The summed E-state index contributed by atoms with van der Waals surface area (Å²) in [5.41, 5.74) is 6.57. The molecule has 2 heterocycles. The molecule has 92 valence electrons. The van der Waals surface area contributed by atoms with Crippen LogP contribution in [0.4, 0.5) is 11.4 Å². The zero-order valence-electron chi connectivity index (χ0n) is 8.79. The van der Waals surface area contributed by atoms with E-state index in [9.17, 15) is 4.79 Å². The maximum atomic E-state index is 11.8. The Balaban J connectivity index is 2.38. The minimum absolute atomic E-state index is 0.0271. The minimum atomic E-state index is -0.0271. The van der Waals surface area contributed by atoms with Crippen LogP contribution >= 0.6 is 34.8 Å². The third-order valence-corrected chi connectivity index (χ3v) is 3.59. The molecular weight excluding hydrogens is 284 g/mol. The molecule has 1 unspecified atom stereocenters. The van der Waals surface area contributed by atoms with Gasteiger partial charge in [0, 0.05) is 24.9 Å². The first-order chi connectivity index (χ1) is 8.02. The van der Waals surface area contributed by atoms with E-state index >= 15 is 0 Å². The number of hydrogen-bond donors (Lipinski definition) is 1. The lowest BCUT2D eigenvalue weighted by molar-refractivity contribution is -0.117. The predicted molar refractivity (Wildman–Crippen MR) is 69.8 cm³/mol. The summed E-state index contributed by atoms with van der Waals surface area (Å²) in [6, 6.07) is 1.54. The van der Waals surface area contributed by atoms with Gasteiger partial charge >= 0.3 is 0 Å². The molecule has 2 N–H and O–H groups in total. The summed E-state index contributed by atoms with van der Waals surface area (Å²) in [5.74, 6) is 0.546. The number of hydrogen-bond acceptors (Lipinski definition) is 3. The highest BCUT2D eigenvalue weighted by Gasteiger charge is 2.31. The maximum absolute atomic E-state index is 11.8. The second-order valence-corrected chi connectivity index (χ2v) is 4.95. The molecule has 0 radical (unpaired) electrons. The van der Waals surface area contributed by atoms with Gasteiger partial charge in [-0.3, -0.25) is 4.79 Å². The van der Waals surface area contributed by atoms with Gasteiger partial charge in [-0.1, -0.05) is 23.2 Å². The first-order valence-electron chi connectivity index (χ1n) is 5.00. The van der Waals surface area contributed by atoms with Crippen molar-refractivity contribution in [3.8, 4) is 0 Å². The van der Waals surface area contributed by atoms with Gasteiger partial charge in [-0.2, -0.15) is 0 Å². The molecule has 4 nitrogen and oxygen atoms in total. The van der Waals surface area contributed by atoms with Gasteiger partial charge < -0.3 is 10.6 Å². The SMILES string of the molecule is Nc1c(N2CC(CCl)CC2=O)cc(Cl)nc1Cl. The molecule has 1 aliphatic rings. The van der Waals surface area contributed by atoms with Crippen molar-refractivity contribution in [3.63, 3.8) is 0 Å². The molecule has 7 heteroatoms. The summed E-state index contributed by atoms with van der Waals surface area (Å²) in [5, 5.41) is 0.316. The van der Waals surface area contributed by atoms with Crippen LogP contribution in [-0.4, -0.2) is 23.3 Å². The summed E-state index contributed by atoms with van der Waals surface area (Å²) in [6.45, 7) is 0.531. The van der Waals surface area contributed by atoms with Crippen LogP contribution in [-0.2, 0) is 4.79 Å². The number of pyridine rings is 1. The fraction of sp³-hybridized carbons (Fsp3) is 0.400. The van der Waals surface area contributed by atoms with Gasteiger partial charge in [0.1, 0.15) is 5.15 Å². The van der Waals surface area contributed by atoms with E-state index in [4.69, 9.17) is 40.5 Å². The quantitative estimate of drug-likeness (QED) is 0.673. The molecule has 1 aromatic rings. The van der Waals surface area contributed by atoms with Crippen molar-refractivity contribution in [1.82, 2.24) is 4.98 Å². The van der Waals surface area contributed by atoms with E-state index < -0.39 is 0 Å². The van der Waals surface area contributed by atoms with Gasteiger partial charge in [0.15, 0.2) is 5.15 Å². The Labute approximate surface area is 114 Å². The van der Waals surface area contributed by atoms with Crippen LogP contribution in [0.1, 0.15) is 6.42 Å². The van der Waals surface area contributed by atoms with E-state index in [0.29, 0.717) is 24.5 Å². The van der Waals surface area contributed by atoms with Crippen LogP contribution in [0.5, 0.6) is 0 Å². The van der Waals surface area contributed by atoms with Crippen molar-refractivity contribution in [1.29, 1.82) is 0 Å². The summed E-state index contributed by atoms with van der Waals surface area (Å²) in [4.78, 5) is 17.2. The Hall–Kier alpha value is -0.710. The van der Waals surface area contributed by atoms with Crippen LogP contribution in [0.25, 0.3) is 0 Å². The van der Waals surface area contributed by atoms with Crippen molar-refractivity contribution < 1.29 is 4.79 Å². The molecule has 0 aliphatic carbocycles. The lowest BCUT2D eigenvalue weighted by Crippen LogP contribution is -2.25. The monoisotopic (exact) mass is 293 g/mol. The topological polar surface area (TPSA) is 59.2 Å². The molecule has 1 fully saturated rings. The van der Waals surface area contributed by atoms with Crippen molar-refractivity contribution in [2.45, 2.75) is 6.42 Å². The fourth-order valence-corrected chi connectivity index (χ4v) is 2.45. The van der Waals surface area contributed by atoms with E-state index in [1.54, 1.807) is 4.90 Å². The number of rotatable bonds is 2. The van der Waals surface area contributed by atoms with Gasteiger partial charge in [-0.25, -0.2) is 4.98 Å². The molecule has 1 aliphatic heterocycles. The number of aromatic nitrogens is 1. The number of nitrogen functional groups attached to an aromatic ring is 1. The number of halogens is 3. The van der Waals surface area contributed by atoms with Crippen molar-refractivity contribution in [2.75, 3.05) is 23.1 Å². The summed E-state index contributed by atoms with van der Waals surface area (Å²) in [6.07, 6.45) is 0.417. The van der Waals surface area contributed by atoms with Crippen molar-refractivity contribution in [3.05, 3.63) is 16.4 Å². The number of carbonyl (C=O) groups excluding carboxylic acids is 1. The fourth-order valence-electron chi connectivity index (χ4n) is 1.82. The molecule has 0 saturated carbocycles. The van der Waals surface area contributed by atoms with E-state index in [1.807, 2.05) is 0 Å². The van der Waals surface area contributed by atoms with E-state index in [1.165, 1.54) is 6.07 Å². The van der Waals surface area contributed by atoms with Crippen LogP contribution < -0.4 is 10.6 Å². The molecule has 2 rings (SSSR count). The maximum Gasteiger partial charge on any atom is 0.227 e. The molecule has 1 atom stereocenters. The van der Waals surface area contributed by atoms with E-state index in [0.717, 1.165) is 0 Å².